The first-order valence-electron chi connectivity index (χ1n) is 7.54. The van der Waals surface area contributed by atoms with Crippen LogP contribution in [0.1, 0.15) is 40.0 Å². The molecule has 2 amide bonds. The van der Waals surface area contributed by atoms with Gasteiger partial charge in [-0.15, -0.1) is 0 Å². The Kier molecular flexibility index (Phi) is 4.65. The summed E-state index contributed by atoms with van der Waals surface area (Å²) in [5.41, 5.74) is -0.809. The molecule has 6 heteroatoms. The van der Waals surface area contributed by atoms with E-state index in [0.29, 0.717) is 13.0 Å². The van der Waals surface area contributed by atoms with Gasteiger partial charge >= 0.3 is 0 Å². The number of aromatic nitrogens is 2. The summed E-state index contributed by atoms with van der Waals surface area (Å²) in [6.07, 6.45) is 7.80. The van der Waals surface area contributed by atoms with Crippen LogP contribution >= 0.6 is 0 Å². The molecule has 0 aromatic carbocycles. The number of hydrogen-bond acceptors (Lipinski definition) is 3. The molecule has 0 bridgehead atoms. The highest BCUT2D eigenvalue weighted by Gasteiger charge is 2.44. The second kappa shape index (κ2) is 6.28. The Balaban J connectivity index is 2.03. The second-order valence-electron chi connectivity index (χ2n) is 6.07. The van der Waals surface area contributed by atoms with Crippen molar-refractivity contribution in [3.63, 3.8) is 0 Å². The topological polar surface area (TPSA) is 67.2 Å². The maximum Gasteiger partial charge on any atom is 0.248 e. The Morgan fingerprint density at radius 1 is 1.33 bits per heavy atom. The smallest absolute Gasteiger partial charge is 0.248 e. The molecule has 0 saturated carbocycles. The van der Waals surface area contributed by atoms with Gasteiger partial charge in [0.1, 0.15) is 11.6 Å². The summed E-state index contributed by atoms with van der Waals surface area (Å²) in [6, 6.07) is -0.335. The summed E-state index contributed by atoms with van der Waals surface area (Å²) in [6.45, 7) is 6.95. The third-order valence-electron chi connectivity index (χ3n) is 3.85. The maximum absolute atomic E-state index is 12.6. The van der Waals surface area contributed by atoms with Crippen LogP contribution in [0.5, 0.6) is 0 Å². The molecule has 1 aromatic heterocycles. The fourth-order valence-electron chi connectivity index (χ4n) is 2.75. The van der Waals surface area contributed by atoms with Crippen LogP contribution in [0.15, 0.2) is 18.7 Å². The van der Waals surface area contributed by atoms with Crippen molar-refractivity contribution in [2.45, 2.75) is 58.2 Å². The van der Waals surface area contributed by atoms with E-state index in [9.17, 15) is 9.59 Å². The number of rotatable bonds is 6. The van der Waals surface area contributed by atoms with Crippen molar-refractivity contribution < 1.29 is 9.59 Å². The van der Waals surface area contributed by atoms with Crippen LogP contribution in [0.3, 0.4) is 0 Å². The van der Waals surface area contributed by atoms with E-state index >= 15 is 0 Å². The molecule has 0 radical (unpaired) electrons. The first-order valence-corrected chi connectivity index (χ1v) is 7.54. The monoisotopic (exact) mass is 292 g/mol. The van der Waals surface area contributed by atoms with Gasteiger partial charge in [-0.25, -0.2) is 4.98 Å². The van der Waals surface area contributed by atoms with E-state index in [0.717, 1.165) is 19.4 Å². The zero-order valence-electron chi connectivity index (χ0n) is 13.0. The molecule has 1 aliphatic rings. The fourth-order valence-corrected chi connectivity index (χ4v) is 2.75. The lowest BCUT2D eigenvalue weighted by Crippen LogP contribution is -2.68. The number of carbonyl (C=O) groups is 2. The van der Waals surface area contributed by atoms with E-state index in [4.69, 9.17) is 0 Å². The predicted octanol–water partition coefficient (Wildman–Crippen LogP) is 1.18. The Morgan fingerprint density at radius 3 is 2.71 bits per heavy atom. The minimum atomic E-state index is -0.809. The molecular weight excluding hydrogens is 268 g/mol. The third kappa shape index (κ3) is 3.43. The van der Waals surface area contributed by atoms with Gasteiger partial charge in [-0.2, -0.15) is 0 Å². The van der Waals surface area contributed by atoms with Crippen molar-refractivity contribution in [2.75, 3.05) is 6.54 Å². The van der Waals surface area contributed by atoms with Gasteiger partial charge in [-0.1, -0.05) is 13.3 Å². The lowest BCUT2D eigenvalue weighted by Gasteiger charge is -2.43. The van der Waals surface area contributed by atoms with Crippen LogP contribution in [-0.2, 0) is 16.1 Å². The Morgan fingerprint density at radius 2 is 2.10 bits per heavy atom. The van der Waals surface area contributed by atoms with Gasteiger partial charge in [0.25, 0.3) is 0 Å². The Labute approximate surface area is 125 Å². The van der Waals surface area contributed by atoms with Crippen LogP contribution in [0.25, 0.3) is 0 Å². The largest absolute Gasteiger partial charge is 0.340 e. The molecule has 116 valence electrons. The normalized spacial score (nSPS) is 21.5. The average molecular weight is 292 g/mol. The zero-order valence-corrected chi connectivity index (χ0v) is 13.0. The number of aryl methyl sites for hydroxylation is 1. The van der Waals surface area contributed by atoms with Crippen LogP contribution in [0.4, 0.5) is 0 Å². The molecular formula is C15H24N4O2. The molecule has 1 atom stereocenters. The molecule has 2 rings (SSSR count). The first kappa shape index (κ1) is 15.5. The molecule has 1 unspecified atom stereocenters. The molecule has 6 nitrogen and oxygen atoms in total. The number of nitrogens with zero attached hydrogens (tertiary/aromatic N) is 3. The van der Waals surface area contributed by atoms with Crippen LogP contribution in [0, 0.1) is 0 Å². The highest BCUT2D eigenvalue weighted by atomic mass is 16.2. The Bertz CT molecular complexity index is 496. The molecule has 1 aromatic rings. The molecule has 1 saturated heterocycles. The second-order valence-corrected chi connectivity index (χ2v) is 6.07. The van der Waals surface area contributed by atoms with Gasteiger partial charge in [0, 0.05) is 25.5 Å². The van der Waals surface area contributed by atoms with Crippen molar-refractivity contribution >= 4 is 11.8 Å². The predicted molar refractivity (Wildman–Crippen MR) is 79.5 cm³/mol. The molecule has 21 heavy (non-hydrogen) atoms. The standard InChI is InChI=1S/C15H24N4O2/c1-4-6-12-13(20)17-15(2,3)14(21)19(12)9-5-8-18-10-7-16-11-18/h7,10-12H,4-6,8-9H2,1-3H3,(H,17,20). The summed E-state index contributed by atoms with van der Waals surface area (Å²) in [7, 11) is 0. The quantitative estimate of drug-likeness (QED) is 0.856. The van der Waals surface area contributed by atoms with Crippen molar-refractivity contribution in [2.24, 2.45) is 0 Å². The van der Waals surface area contributed by atoms with Crippen LogP contribution in [-0.4, -0.2) is 44.4 Å². The maximum atomic E-state index is 12.6. The summed E-state index contributed by atoms with van der Waals surface area (Å²) in [5.74, 6) is -0.0322. The molecule has 1 N–H and O–H groups in total. The lowest BCUT2D eigenvalue weighted by atomic mass is 9.94. The SMILES string of the molecule is CCCC1C(=O)NC(C)(C)C(=O)N1CCCn1ccnc1. The first-order chi connectivity index (χ1) is 9.95. The van der Waals surface area contributed by atoms with Crippen molar-refractivity contribution in [1.82, 2.24) is 19.8 Å². The van der Waals surface area contributed by atoms with E-state index in [-0.39, 0.29) is 17.9 Å². The van der Waals surface area contributed by atoms with Gasteiger partial charge in [0.2, 0.25) is 11.8 Å². The number of amides is 2. The van der Waals surface area contributed by atoms with Gasteiger partial charge in [0.05, 0.1) is 6.33 Å². The van der Waals surface area contributed by atoms with Crippen LogP contribution < -0.4 is 5.32 Å². The summed E-state index contributed by atoms with van der Waals surface area (Å²) >= 11 is 0. The van der Waals surface area contributed by atoms with E-state index < -0.39 is 5.54 Å². The van der Waals surface area contributed by atoms with E-state index in [1.54, 1.807) is 31.3 Å². The van der Waals surface area contributed by atoms with Gasteiger partial charge in [0.15, 0.2) is 0 Å². The lowest BCUT2D eigenvalue weighted by molar-refractivity contribution is -0.153. The average Bonchev–Trinajstić information content (AvgIpc) is 2.92. The fraction of sp³-hybridized carbons (Fsp3) is 0.667. The summed E-state index contributed by atoms with van der Waals surface area (Å²) in [4.78, 5) is 30.5. The van der Waals surface area contributed by atoms with Gasteiger partial charge in [-0.05, 0) is 26.7 Å². The van der Waals surface area contributed by atoms with Crippen LogP contribution in [0.2, 0.25) is 0 Å². The minimum absolute atomic E-state index is 0.00572. The van der Waals surface area contributed by atoms with Crippen molar-refractivity contribution in [3.05, 3.63) is 18.7 Å². The third-order valence-corrected chi connectivity index (χ3v) is 3.85. The number of carbonyl (C=O) groups excluding carboxylic acids is 2. The number of piperazine rings is 1. The van der Waals surface area contributed by atoms with Crippen molar-refractivity contribution in [3.8, 4) is 0 Å². The Hall–Kier alpha value is -1.85. The highest BCUT2D eigenvalue weighted by Crippen LogP contribution is 2.21. The summed E-state index contributed by atoms with van der Waals surface area (Å²) in [5, 5.41) is 2.83. The minimum Gasteiger partial charge on any atom is -0.340 e. The van der Waals surface area contributed by atoms with E-state index in [1.807, 2.05) is 17.7 Å². The van der Waals surface area contributed by atoms with E-state index in [1.165, 1.54) is 0 Å². The van der Waals surface area contributed by atoms with Gasteiger partial charge in [-0.3, -0.25) is 9.59 Å². The summed E-state index contributed by atoms with van der Waals surface area (Å²) < 4.78 is 1.98. The molecule has 1 aliphatic heterocycles. The van der Waals surface area contributed by atoms with Gasteiger partial charge < -0.3 is 14.8 Å². The van der Waals surface area contributed by atoms with E-state index in [2.05, 4.69) is 10.3 Å². The number of hydrogen-bond donors (Lipinski definition) is 1. The molecule has 0 spiro atoms. The molecule has 1 fully saturated rings. The zero-order chi connectivity index (χ0) is 15.5. The molecule has 0 aliphatic carbocycles. The molecule has 2 heterocycles. The van der Waals surface area contributed by atoms with Crippen molar-refractivity contribution in [1.29, 1.82) is 0 Å². The number of nitrogens with one attached hydrogen (secondary N) is 1. The number of imidazole rings is 1. The highest BCUT2D eigenvalue weighted by molar-refractivity contribution is 5.99.